The topological polar surface area (TPSA) is 86.4 Å². The summed E-state index contributed by atoms with van der Waals surface area (Å²) in [5.41, 5.74) is 6.60. The van der Waals surface area contributed by atoms with Gasteiger partial charge in [0.15, 0.2) is 0 Å². The summed E-state index contributed by atoms with van der Waals surface area (Å²) in [5.74, 6) is 1.86. The second kappa shape index (κ2) is 6.72. The van der Waals surface area contributed by atoms with Crippen LogP contribution in [0.2, 0.25) is 0 Å². The predicted molar refractivity (Wildman–Crippen MR) is 99.2 cm³/mol. The minimum Gasteiger partial charge on any atom is -0.474 e. The fourth-order valence-electron chi connectivity index (χ4n) is 4.35. The molecule has 0 spiro atoms. The molecule has 0 bridgehead atoms. The van der Waals surface area contributed by atoms with Crippen molar-refractivity contribution in [3.63, 3.8) is 0 Å². The van der Waals surface area contributed by atoms with E-state index in [0.29, 0.717) is 11.8 Å². The molecule has 2 aromatic heterocycles. The molecule has 3 atom stereocenters. The van der Waals surface area contributed by atoms with Crippen LogP contribution in [0, 0.1) is 6.92 Å². The molecule has 2 aliphatic rings. The van der Waals surface area contributed by atoms with Crippen molar-refractivity contribution in [2.24, 2.45) is 0 Å². The maximum atomic E-state index is 6.13. The summed E-state index contributed by atoms with van der Waals surface area (Å²) in [6.45, 7) is 2.83. The van der Waals surface area contributed by atoms with Crippen LogP contribution in [0.1, 0.15) is 31.4 Å². The molecule has 2 N–H and O–H groups in total. The molecule has 1 aliphatic heterocycles. The van der Waals surface area contributed by atoms with Crippen LogP contribution in [0.15, 0.2) is 30.5 Å². The van der Waals surface area contributed by atoms with Crippen LogP contribution in [0.5, 0.6) is 5.88 Å². The first-order chi connectivity index (χ1) is 12.6. The zero-order valence-corrected chi connectivity index (χ0v) is 15.3. The van der Waals surface area contributed by atoms with Gasteiger partial charge in [-0.25, -0.2) is 9.97 Å². The molecule has 0 unspecified atom stereocenters. The predicted octanol–water partition coefficient (Wildman–Crippen LogP) is 2.36. The SMILES string of the molecule is CO[C@@]12CC[C@@H](Oc3ccccn3)C[C@@H]1N(c1cc(C)nc(N)n1)CC2. The quantitative estimate of drug-likeness (QED) is 0.901. The van der Waals surface area contributed by atoms with E-state index in [-0.39, 0.29) is 17.7 Å². The van der Waals surface area contributed by atoms with Crippen LogP contribution in [-0.2, 0) is 4.74 Å². The largest absolute Gasteiger partial charge is 0.474 e. The molecule has 1 saturated heterocycles. The lowest BCUT2D eigenvalue weighted by atomic mass is 9.79. The highest BCUT2D eigenvalue weighted by atomic mass is 16.5. The standard InChI is InChI=1S/C19H25N5O2/c1-13-11-16(23-18(20)22-13)24-10-8-19(25-2)7-6-14(12-15(19)24)26-17-5-3-4-9-21-17/h3-5,9,11,14-15H,6-8,10,12H2,1-2H3,(H2,20,22,23)/t14-,15+,19-/m1/s1. The number of rotatable bonds is 4. The lowest BCUT2D eigenvalue weighted by Crippen LogP contribution is -2.52. The second-order valence-electron chi connectivity index (χ2n) is 7.14. The molecule has 0 amide bonds. The number of methoxy groups -OCH3 is 1. The summed E-state index contributed by atoms with van der Waals surface area (Å²) < 4.78 is 12.2. The maximum Gasteiger partial charge on any atom is 0.222 e. The lowest BCUT2D eigenvalue weighted by Gasteiger charge is -2.43. The van der Waals surface area contributed by atoms with Crippen LogP contribution in [0.25, 0.3) is 0 Å². The highest BCUT2D eigenvalue weighted by Crippen LogP contribution is 2.44. The van der Waals surface area contributed by atoms with Gasteiger partial charge in [0.05, 0.1) is 11.6 Å². The normalized spacial score (nSPS) is 28.0. The molecule has 138 valence electrons. The summed E-state index contributed by atoms with van der Waals surface area (Å²) in [5, 5.41) is 0. The van der Waals surface area contributed by atoms with Crippen molar-refractivity contribution in [3.05, 3.63) is 36.2 Å². The van der Waals surface area contributed by atoms with Gasteiger partial charge in [-0.05, 0) is 32.3 Å². The Morgan fingerprint density at radius 3 is 2.88 bits per heavy atom. The molecular formula is C19H25N5O2. The summed E-state index contributed by atoms with van der Waals surface area (Å²) in [7, 11) is 1.82. The molecule has 26 heavy (non-hydrogen) atoms. The van der Waals surface area contributed by atoms with Gasteiger partial charge < -0.3 is 20.1 Å². The number of nitrogens with zero attached hydrogens (tertiary/aromatic N) is 4. The Morgan fingerprint density at radius 1 is 1.27 bits per heavy atom. The number of hydrogen-bond acceptors (Lipinski definition) is 7. The van der Waals surface area contributed by atoms with Crippen molar-refractivity contribution in [1.29, 1.82) is 0 Å². The van der Waals surface area contributed by atoms with Crippen molar-refractivity contribution < 1.29 is 9.47 Å². The number of anilines is 2. The first kappa shape index (κ1) is 17.0. The molecule has 2 aromatic rings. The Morgan fingerprint density at radius 2 is 2.15 bits per heavy atom. The summed E-state index contributed by atoms with van der Waals surface area (Å²) in [6.07, 6.45) is 5.63. The van der Waals surface area contributed by atoms with Crippen molar-refractivity contribution in [3.8, 4) is 5.88 Å². The Hall–Kier alpha value is -2.41. The van der Waals surface area contributed by atoms with Crippen LogP contribution < -0.4 is 15.4 Å². The third-order valence-corrected chi connectivity index (χ3v) is 5.62. The van der Waals surface area contributed by atoms with Gasteiger partial charge in [-0.1, -0.05) is 6.07 Å². The maximum absolute atomic E-state index is 6.13. The average molecular weight is 355 g/mol. The number of hydrogen-bond donors (Lipinski definition) is 1. The van der Waals surface area contributed by atoms with Crippen LogP contribution >= 0.6 is 0 Å². The Labute approximate surface area is 153 Å². The highest BCUT2D eigenvalue weighted by molar-refractivity contribution is 5.47. The third-order valence-electron chi connectivity index (χ3n) is 5.62. The van der Waals surface area contributed by atoms with Crippen LogP contribution in [0.4, 0.5) is 11.8 Å². The van der Waals surface area contributed by atoms with Crippen molar-refractivity contribution in [2.75, 3.05) is 24.3 Å². The molecule has 3 heterocycles. The minimum atomic E-state index is -0.155. The van der Waals surface area contributed by atoms with E-state index in [9.17, 15) is 0 Å². The van der Waals surface area contributed by atoms with Gasteiger partial charge in [0.25, 0.3) is 0 Å². The molecule has 7 heteroatoms. The monoisotopic (exact) mass is 355 g/mol. The Kier molecular flexibility index (Phi) is 4.40. The van der Waals surface area contributed by atoms with E-state index >= 15 is 0 Å². The fourth-order valence-corrected chi connectivity index (χ4v) is 4.35. The summed E-state index contributed by atoms with van der Waals surface area (Å²) in [6, 6.07) is 7.93. The van der Waals surface area contributed by atoms with E-state index in [1.165, 1.54) is 0 Å². The Balaban J connectivity index is 1.58. The number of fused-ring (bicyclic) bond motifs is 1. The fraction of sp³-hybridized carbons (Fsp3) is 0.526. The lowest BCUT2D eigenvalue weighted by molar-refractivity contribution is -0.0607. The number of aryl methyl sites for hydroxylation is 1. The van der Waals surface area contributed by atoms with E-state index in [4.69, 9.17) is 15.2 Å². The van der Waals surface area contributed by atoms with Crippen molar-refractivity contribution >= 4 is 11.8 Å². The van der Waals surface area contributed by atoms with Gasteiger partial charge in [0, 0.05) is 44.1 Å². The number of pyridine rings is 1. The third kappa shape index (κ3) is 3.07. The van der Waals surface area contributed by atoms with Crippen molar-refractivity contribution in [1.82, 2.24) is 15.0 Å². The second-order valence-corrected chi connectivity index (χ2v) is 7.14. The van der Waals surface area contributed by atoms with Crippen LogP contribution in [0.3, 0.4) is 0 Å². The van der Waals surface area contributed by atoms with Crippen LogP contribution in [-0.4, -0.2) is 46.4 Å². The highest BCUT2D eigenvalue weighted by Gasteiger charge is 2.52. The summed E-state index contributed by atoms with van der Waals surface area (Å²) in [4.78, 5) is 15.3. The van der Waals surface area contributed by atoms with Crippen molar-refractivity contribution in [2.45, 2.75) is 50.4 Å². The van der Waals surface area contributed by atoms with Gasteiger partial charge in [-0.2, -0.15) is 4.98 Å². The average Bonchev–Trinajstić information content (AvgIpc) is 3.01. The van der Waals surface area contributed by atoms with E-state index < -0.39 is 0 Å². The molecule has 0 aromatic carbocycles. The molecule has 0 radical (unpaired) electrons. The zero-order valence-electron chi connectivity index (χ0n) is 15.3. The van der Waals surface area contributed by atoms with E-state index in [2.05, 4.69) is 19.9 Å². The van der Waals surface area contributed by atoms with E-state index in [1.807, 2.05) is 38.3 Å². The Bertz CT molecular complexity index is 752. The smallest absolute Gasteiger partial charge is 0.222 e. The molecule has 1 saturated carbocycles. The zero-order chi connectivity index (χ0) is 18.1. The van der Waals surface area contributed by atoms with E-state index in [1.54, 1.807) is 6.20 Å². The van der Waals surface area contributed by atoms with Gasteiger partial charge in [0.2, 0.25) is 11.8 Å². The van der Waals surface area contributed by atoms with Gasteiger partial charge >= 0.3 is 0 Å². The summed E-state index contributed by atoms with van der Waals surface area (Å²) >= 11 is 0. The first-order valence-corrected chi connectivity index (χ1v) is 9.10. The molecule has 7 nitrogen and oxygen atoms in total. The number of ether oxygens (including phenoxy) is 2. The number of nitrogens with two attached hydrogens (primary N) is 1. The van der Waals surface area contributed by atoms with Gasteiger partial charge in [-0.3, -0.25) is 0 Å². The molecule has 2 fully saturated rings. The number of aromatic nitrogens is 3. The molecule has 1 aliphatic carbocycles. The molecule has 4 rings (SSSR count). The first-order valence-electron chi connectivity index (χ1n) is 9.10. The van der Waals surface area contributed by atoms with E-state index in [0.717, 1.165) is 43.7 Å². The number of nitrogen functional groups attached to an aromatic ring is 1. The minimum absolute atomic E-state index is 0.110. The molecular weight excluding hydrogens is 330 g/mol. The van der Waals surface area contributed by atoms with Gasteiger partial charge in [-0.15, -0.1) is 0 Å². The van der Waals surface area contributed by atoms with Gasteiger partial charge in [0.1, 0.15) is 11.9 Å².